The fourth-order valence-electron chi connectivity index (χ4n) is 2.93. The molecule has 0 spiro atoms. The summed E-state index contributed by atoms with van der Waals surface area (Å²) in [5.74, 6) is -0.0202. The molecule has 3 rings (SSSR count). The van der Waals surface area contributed by atoms with E-state index in [9.17, 15) is 4.79 Å². The van der Waals surface area contributed by atoms with Crippen molar-refractivity contribution in [3.05, 3.63) is 29.3 Å². The lowest BCUT2D eigenvalue weighted by Crippen LogP contribution is -2.56. The first-order valence-electron chi connectivity index (χ1n) is 8.06. The zero-order valence-electron chi connectivity index (χ0n) is 13.7. The Balaban J connectivity index is 1.66. The predicted molar refractivity (Wildman–Crippen MR) is 93.0 cm³/mol. The van der Waals surface area contributed by atoms with Crippen LogP contribution in [0.2, 0.25) is 0 Å². The molecule has 1 atom stereocenters. The minimum absolute atomic E-state index is 0.0202. The molecule has 0 aliphatic carbocycles. The van der Waals surface area contributed by atoms with Crippen LogP contribution in [0, 0.1) is 0 Å². The van der Waals surface area contributed by atoms with E-state index in [1.165, 1.54) is 0 Å². The zero-order chi connectivity index (χ0) is 16.3. The van der Waals surface area contributed by atoms with Crippen LogP contribution < -0.4 is 5.32 Å². The number of carbonyl (C=O) groups excluding carboxylic acids is 1. The molecule has 1 fully saturated rings. The van der Waals surface area contributed by atoms with Crippen molar-refractivity contribution >= 4 is 27.5 Å². The number of hydrogen-bond acceptors (Lipinski definition) is 5. The molecule has 124 valence electrons. The molecule has 6 heteroatoms. The Kier molecular flexibility index (Phi) is 4.94. The van der Waals surface area contributed by atoms with Crippen LogP contribution in [0.25, 0.3) is 10.2 Å². The van der Waals surface area contributed by atoms with Gasteiger partial charge >= 0.3 is 0 Å². The van der Waals surface area contributed by atoms with Crippen molar-refractivity contribution in [2.45, 2.75) is 25.8 Å². The van der Waals surface area contributed by atoms with Gasteiger partial charge in [-0.1, -0.05) is 6.92 Å². The summed E-state index contributed by atoms with van der Waals surface area (Å²) in [6.07, 6.45) is 0.987. The molecule has 5 nitrogen and oxygen atoms in total. The smallest absolute Gasteiger partial charge is 0.251 e. The van der Waals surface area contributed by atoms with Gasteiger partial charge < -0.3 is 10.1 Å². The van der Waals surface area contributed by atoms with Crippen molar-refractivity contribution < 1.29 is 9.53 Å². The molecule has 2 aromatic rings. The van der Waals surface area contributed by atoms with E-state index < -0.39 is 0 Å². The summed E-state index contributed by atoms with van der Waals surface area (Å²) in [5.41, 5.74) is 3.41. The second-order valence-electron chi connectivity index (χ2n) is 6.17. The number of morpholine rings is 1. The third kappa shape index (κ3) is 3.54. The molecule has 0 saturated carbocycles. The Morgan fingerprint density at radius 3 is 2.96 bits per heavy atom. The van der Waals surface area contributed by atoms with E-state index in [-0.39, 0.29) is 11.4 Å². The highest BCUT2D eigenvalue weighted by Gasteiger charge is 2.31. The van der Waals surface area contributed by atoms with Crippen molar-refractivity contribution in [2.75, 3.05) is 32.8 Å². The Labute approximate surface area is 140 Å². The van der Waals surface area contributed by atoms with Gasteiger partial charge in [-0.15, -0.1) is 11.3 Å². The zero-order valence-corrected chi connectivity index (χ0v) is 14.5. The van der Waals surface area contributed by atoms with Crippen molar-refractivity contribution in [1.29, 1.82) is 0 Å². The van der Waals surface area contributed by atoms with Crippen molar-refractivity contribution in [3.8, 4) is 0 Å². The summed E-state index contributed by atoms with van der Waals surface area (Å²) in [6.45, 7) is 8.41. The fraction of sp³-hybridized carbons (Fsp3) is 0.529. The molecular formula is C17H23N3O2S. The van der Waals surface area contributed by atoms with E-state index in [1.54, 1.807) is 16.8 Å². The maximum atomic E-state index is 12.5. The molecule has 1 aliphatic rings. The van der Waals surface area contributed by atoms with Gasteiger partial charge in [0, 0.05) is 30.7 Å². The van der Waals surface area contributed by atoms with Crippen LogP contribution in [0.4, 0.5) is 0 Å². The summed E-state index contributed by atoms with van der Waals surface area (Å²) in [4.78, 5) is 19.2. The van der Waals surface area contributed by atoms with E-state index in [0.29, 0.717) is 12.1 Å². The molecule has 1 aliphatic heterocycles. The molecular weight excluding hydrogens is 310 g/mol. The number of thiazole rings is 1. The highest BCUT2D eigenvalue weighted by atomic mass is 32.1. The maximum absolute atomic E-state index is 12.5. The summed E-state index contributed by atoms with van der Waals surface area (Å²) >= 11 is 1.56. The van der Waals surface area contributed by atoms with E-state index in [1.807, 2.05) is 18.2 Å². The van der Waals surface area contributed by atoms with Crippen LogP contribution in [0.15, 0.2) is 23.7 Å². The number of ether oxygens (including phenoxy) is 1. The normalized spacial score (nSPS) is 18.7. The Morgan fingerprint density at radius 1 is 1.43 bits per heavy atom. The molecule has 0 bridgehead atoms. The number of benzene rings is 1. The number of fused-ring (bicyclic) bond motifs is 1. The van der Waals surface area contributed by atoms with Gasteiger partial charge in [-0.2, -0.15) is 0 Å². The van der Waals surface area contributed by atoms with E-state index >= 15 is 0 Å². The third-order valence-corrected chi connectivity index (χ3v) is 5.55. The molecule has 1 N–H and O–H groups in total. The van der Waals surface area contributed by atoms with Crippen molar-refractivity contribution in [2.24, 2.45) is 0 Å². The number of nitrogens with zero attached hydrogens (tertiary/aromatic N) is 2. The van der Waals surface area contributed by atoms with E-state index in [2.05, 4.69) is 29.0 Å². The minimum Gasteiger partial charge on any atom is -0.379 e. The standard InChI is InChI=1S/C17H23N3O2S/c1-3-17(2,20-6-8-22-9-7-20)11-18-16(21)13-4-5-14-15(10-13)23-12-19-14/h4-5,10,12H,3,6-9,11H2,1-2H3,(H,18,21). The quantitative estimate of drug-likeness (QED) is 0.913. The third-order valence-electron chi connectivity index (χ3n) is 4.76. The highest BCUT2D eigenvalue weighted by Crippen LogP contribution is 2.21. The second-order valence-corrected chi connectivity index (χ2v) is 7.05. The van der Waals surface area contributed by atoms with Gasteiger partial charge in [0.15, 0.2) is 0 Å². The lowest BCUT2D eigenvalue weighted by molar-refractivity contribution is -0.0169. The van der Waals surface area contributed by atoms with Gasteiger partial charge in [-0.05, 0) is 31.5 Å². The summed E-state index contributed by atoms with van der Waals surface area (Å²) < 4.78 is 6.48. The molecule has 2 heterocycles. The number of aromatic nitrogens is 1. The topological polar surface area (TPSA) is 54.5 Å². The summed E-state index contributed by atoms with van der Waals surface area (Å²) in [5, 5.41) is 3.11. The Morgan fingerprint density at radius 2 is 2.22 bits per heavy atom. The van der Waals surface area contributed by atoms with Gasteiger partial charge in [0.2, 0.25) is 0 Å². The molecule has 23 heavy (non-hydrogen) atoms. The molecule has 1 saturated heterocycles. The van der Waals surface area contributed by atoms with Crippen LogP contribution in [0.5, 0.6) is 0 Å². The lowest BCUT2D eigenvalue weighted by atomic mass is 9.95. The van der Waals surface area contributed by atoms with Crippen LogP contribution in [-0.2, 0) is 4.74 Å². The average molecular weight is 333 g/mol. The van der Waals surface area contributed by atoms with Crippen molar-refractivity contribution in [3.63, 3.8) is 0 Å². The lowest BCUT2D eigenvalue weighted by Gasteiger charge is -2.43. The summed E-state index contributed by atoms with van der Waals surface area (Å²) in [7, 11) is 0. The monoisotopic (exact) mass is 333 g/mol. The second kappa shape index (κ2) is 6.95. The molecule has 0 radical (unpaired) electrons. The maximum Gasteiger partial charge on any atom is 0.251 e. The van der Waals surface area contributed by atoms with Crippen LogP contribution >= 0.6 is 11.3 Å². The number of hydrogen-bond donors (Lipinski definition) is 1. The Hall–Kier alpha value is -1.50. The number of carbonyl (C=O) groups is 1. The van der Waals surface area contributed by atoms with E-state index in [4.69, 9.17) is 4.74 Å². The largest absolute Gasteiger partial charge is 0.379 e. The molecule has 1 amide bonds. The molecule has 1 aromatic carbocycles. The van der Waals surface area contributed by atoms with E-state index in [0.717, 1.165) is 42.9 Å². The van der Waals surface area contributed by atoms with Gasteiger partial charge in [0.25, 0.3) is 5.91 Å². The van der Waals surface area contributed by atoms with Crippen molar-refractivity contribution in [1.82, 2.24) is 15.2 Å². The first-order valence-corrected chi connectivity index (χ1v) is 8.94. The van der Waals surface area contributed by atoms with Gasteiger partial charge in [-0.25, -0.2) is 4.98 Å². The number of amides is 1. The fourth-order valence-corrected chi connectivity index (χ4v) is 3.65. The Bertz CT molecular complexity index is 681. The van der Waals surface area contributed by atoms with Crippen LogP contribution in [0.3, 0.4) is 0 Å². The minimum atomic E-state index is -0.0337. The van der Waals surface area contributed by atoms with Crippen LogP contribution in [-0.4, -0.2) is 54.2 Å². The van der Waals surface area contributed by atoms with Crippen LogP contribution in [0.1, 0.15) is 30.6 Å². The first kappa shape index (κ1) is 16.4. The van der Waals surface area contributed by atoms with Gasteiger partial charge in [0.05, 0.1) is 28.9 Å². The predicted octanol–water partition coefficient (Wildman–Crippen LogP) is 2.53. The average Bonchev–Trinajstić information content (AvgIpc) is 3.07. The number of rotatable bonds is 5. The number of nitrogens with one attached hydrogen (secondary N) is 1. The SMILES string of the molecule is CCC(C)(CNC(=O)c1ccc2ncsc2c1)N1CCOCC1. The first-order chi connectivity index (χ1) is 11.1. The molecule has 1 aromatic heterocycles. The highest BCUT2D eigenvalue weighted by molar-refractivity contribution is 7.16. The van der Waals surface area contributed by atoms with Gasteiger partial charge in [-0.3, -0.25) is 9.69 Å². The summed E-state index contributed by atoms with van der Waals surface area (Å²) in [6, 6.07) is 5.66. The molecule has 1 unspecified atom stereocenters. The van der Waals surface area contributed by atoms with Gasteiger partial charge in [0.1, 0.15) is 0 Å².